The molecule has 0 spiro atoms. The Labute approximate surface area is 181 Å². The van der Waals surface area contributed by atoms with Crippen LogP contribution >= 0.6 is 0 Å². The molecule has 31 heavy (non-hydrogen) atoms. The van der Waals surface area contributed by atoms with E-state index in [1.807, 2.05) is 0 Å². The maximum Gasteiger partial charge on any atom is 0.408 e. The van der Waals surface area contributed by atoms with Crippen molar-refractivity contribution in [2.75, 3.05) is 13.1 Å². The monoisotopic (exact) mass is 434 g/mol. The standard InChI is InChI=1S/C22H31FN4O4/c1-22(2,3)31-21(30)26-17-13-24-11-10-16-8-9-18(27(16)20(17)29)19(28)25-12-14-4-6-15(23)7-5-14/h4-7,16-18,24H,8-13H2,1-3H3,(H,25,28)(H,26,30)/t16-,17+,18+/m1/s1. The summed E-state index contributed by atoms with van der Waals surface area (Å²) in [6.45, 7) is 6.47. The molecule has 170 valence electrons. The second-order valence-electron chi connectivity index (χ2n) is 9.03. The molecule has 1 aromatic carbocycles. The van der Waals surface area contributed by atoms with Crippen molar-refractivity contribution in [3.8, 4) is 0 Å². The number of halogens is 1. The van der Waals surface area contributed by atoms with Gasteiger partial charge in [0.05, 0.1) is 0 Å². The van der Waals surface area contributed by atoms with E-state index in [1.54, 1.807) is 37.8 Å². The summed E-state index contributed by atoms with van der Waals surface area (Å²) in [4.78, 5) is 40.0. The topological polar surface area (TPSA) is 99.8 Å². The number of rotatable bonds is 4. The molecule has 0 saturated carbocycles. The Morgan fingerprint density at radius 1 is 1.19 bits per heavy atom. The molecule has 9 heteroatoms. The average molecular weight is 435 g/mol. The van der Waals surface area contributed by atoms with Gasteiger partial charge in [0.15, 0.2) is 0 Å². The molecule has 2 fully saturated rings. The van der Waals surface area contributed by atoms with Crippen LogP contribution in [0.25, 0.3) is 0 Å². The largest absolute Gasteiger partial charge is 0.444 e. The molecule has 0 bridgehead atoms. The molecule has 0 aromatic heterocycles. The fourth-order valence-corrected chi connectivity index (χ4v) is 4.01. The van der Waals surface area contributed by atoms with Gasteiger partial charge >= 0.3 is 6.09 Å². The fourth-order valence-electron chi connectivity index (χ4n) is 4.01. The second kappa shape index (κ2) is 9.64. The molecular weight excluding hydrogens is 403 g/mol. The Balaban J connectivity index is 1.67. The maximum absolute atomic E-state index is 13.3. The molecule has 2 aliphatic heterocycles. The molecule has 2 saturated heterocycles. The first-order valence-electron chi connectivity index (χ1n) is 10.7. The molecule has 1 aromatic rings. The highest BCUT2D eigenvalue weighted by Gasteiger charge is 2.44. The third-order valence-corrected chi connectivity index (χ3v) is 5.43. The highest BCUT2D eigenvalue weighted by Crippen LogP contribution is 2.28. The van der Waals surface area contributed by atoms with Crippen molar-refractivity contribution in [1.29, 1.82) is 0 Å². The van der Waals surface area contributed by atoms with Crippen LogP contribution < -0.4 is 16.0 Å². The zero-order chi connectivity index (χ0) is 22.6. The second-order valence-corrected chi connectivity index (χ2v) is 9.03. The van der Waals surface area contributed by atoms with Crippen molar-refractivity contribution in [2.24, 2.45) is 0 Å². The number of nitrogens with zero attached hydrogens (tertiary/aromatic N) is 1. The SMILES string of the molecule is CC(C)(C)OC(=O)N[C@H]1CNCC[C@H]2CC[C@@H](C(=O)NCc3ccc(F)cc3)N2C1=O. The molecular formula is C22H31FN4O4. The van der Waals surface area contributed by atoms with Gasteiger partial charge in [-0.25, -0.2) is 9.18 Å². The van der Waals surface area contributed by atoms with Gasteiger partial charge in [0.1, 0.15) is 23.5 Å². The third kappa shape index (κ3) is 6.16. The van der Waals surface area contributed by atoms with Crippen LogP contribution in [0.4, 0.5) is 9.18 Å². The number of amides is 3. The quantitative estimate of drug-likeness (QED) is 0.670. The Morgan fingerprint density at radius 3 is 2.58 bits per heavy atom. The molecule has 2 aliphatic rings. The minimum atomic E-state index is -0.817. The van der Waals surface area contributed by atoms with E-state index >= 15 is 0 Å². The number of fused-ring (bicyclic) bond motifs is 1. The Kier molecular flexibility index (Phi) is 7.15. The average Bonchev–Trinajstić information content (AvgIpc) is 3.10. The molecule has 3 rings (SSSR count). The van der Waals surface area contributed by atoms with Crippen LogP contribution in [0.3, 0.4) is 0 Å². The van der Waals surface area contributed by atoms with Gasteiger partial charge in [-0.1, -0.05) is 12.1 Å². The lowest BCUT2D eigenvalue weighted by atomic mass is 10.1. The molecule has 3 amide bonds. The third-order valence-electron chi connectivity index (χ3n) is 5.43. The molecule has 2 heterocycles. The number of alkyl carbamates (subject to hydrolysis) is 1. The minimum Gasteiger partial charge on any atom is -0.444 e. The van der Waals surface area contributed by atoms with Gasteiger partial charge in [-0.15, -0.1) is 0 Å². The van der Waals surface area contributed by atoms with Gasteiger partial charge in [0, 0.05) is 19.1 Å². The summed E-state index contributed by atoms with van der Waals surface area (Å²) in [7, 11) is 0. The van der Waals surface area contributed by atoms with Gasteiger partial charge in [0.2, 0.25) is 11.8 Å². The molecule has 3 N–H and O–H groups in total. The van der Waals surface area contributed by atoms with Crippen molar-refractivity contribution < 1.29 is 23.5 Å². The first-order valence-corrected chi connectivity index (χ1v) is 10.7. The number of hydrogen-bond acceptors (Lipinski definition) is 5. The molecule has 8 nitrogen and oxygen atoms in total. The van der Waals surface area contributed by atoms with Crippen LogP contribution in [0.2, 0.25) is 0 Å². The number of carbonyl (C=O) groups excluding carboxylic acids is 3. The number of nitrogens with one attached hydrogen (secondary N) is 3. The van der Waals surface area contributed by atoms with Gasteiger partial charge in [-0.3, -0.25) is 9.59 Å². The lowest BCUT2D eigenvalue weighted by molar-refractivity contribution is -0.142. The Bertz CT molecular complexity index is 809. The summed E-state index contributed by atoms with van der Waals surface area (Å²) in [5.74, 6) is -0.871. The highest BCUT2D eigenvalue weighted by atomic mass is 19.1. The lowest BCUT2D eigenvalue weighted by Gasteiger charge is -2.35. The van der Waals surface area contributed by atoms with Crippen molar-refractivity contribution in [3.05, 3.63) is 35.6 Å². The summed E-state index contributed by atoms with van der Waals surface area (Å²) in [5, 5.41) is 8.69. The van der Waals surface area contributed by atoms with Crippen molar-refractivity contribution in [3.63, 3.8) is 0 Å². The number of hydrogen-bond donors (Lipinski definition) is 3. The number of ether oxygens (including phenoxy) is 1. The lowest BCUT2D eigenvalue weighted by Crippen LogP contribution is -2.60. The van der Waals surface area contributed by atoms with E-state index in [1.165, 1.54) is 12.1 Å². The first kappa shape index (κ1) is 23.0. The first-order chi connectivity index (χ1) is 14.6. The normalized spacial score (nSPS) is 24.1. The summed E-state index contributed by atoms with van der Waals surface area (Å²) in [6, 6.07) is 4.43. The predicted molar refractivity (Wildman–Crippen MR) is 113 cm³/mol. The molecule has 0 radical (unpaired) electrons. The van der Waals surface area contributed by atoms with E-state index in [0.29, 0.717) is 13.0 Å². The Hall–Kier alpha value is -2.68. The van der Waals surface area contributed by atoms with Crippen molar-refractivity contribution in [1.82, 2.24) is 20.9 Å². The van der Waals surface area contributed by atoms with Crippen LogP contribution in [0, 0.1) is 5.82 Å². The smallest absolute Gasteiger partial charge is 0.408 e. The summed E-state index contributed by atoms with van der Waals surface area (Å²) >= 11 is 0. The van der Waals surface area contributed by atoms with E-state index in [4.69, 9.17) is 4.74 Å². The Morgan fingerprint density at radius 2 is 1.90 bits per heavy atom. The van der Waals surface area contributed by atoms with Gasteiger partial charge in [0.25, 0.3) is 0 Å². The van der Waals surface area contributed by atoms with E-state index in [9.17, 15) is 18.8 Å². The summed E-state index contributed by atoms with van der Waals surface area (Å²) in [5.41, 5.74) is 0.0955. The molecule has 0 unspecified atom stereocenters. The van der Waals surface area contributed by atoms with E-state index < -0.39 is 23.8 Å². The predicted octanol–water partition coefficient (Wildman–Crippen LogP) is 1.69. The number of benzene rings is 1. The van der Waals surface area contributed by atoms with Crippen molar-refractivity contribution in [2.45, 2.75) is 70.3 Å². The van der Waals surface area contributed by atoms with Crippen LogP contribution in [0.15, 0.2) is 24.3 Å². The molecule has 0 aliphatic carbocycles. The summed E-state index contributed by atoms with van der Waals surface area (Å²) < 4.78 is 18.4. The van der Waals surface area contributed by atoms with E-state index in [2.05, 4.69) is 16.0 Å². The van der Waals surface area contributed by atoms with Crippen LogP contribution in [0.5, 0.6) is 0 Å². The van der Waals surface area contributed by atoms with Gasteiger partial charge < -0.3 is 25.6 Å². The van der Waals surface area contributed by atoms with E-state index in [-0.39, 0.29) is 36.8 Å². The fraction of sp³-hybridized carbons (Fsp3) is 0.591. The maximum atomic E-state index is 13.3. The van der Waals surface area contributed by atoms with Crippen molar-refractivity contribution >= 4 is 17.9 Å². The van der Waals surface area contributed by atoms with Crippen LogP contribution in [-0.2, 0) is 20.9 Å². The van der Waals surface area contributed by atoms with Crippen LogP contribution in [0.1, 0.15) is 45.6 Å². The molecule has 3 atom stereocenters. The number of carbonyl (C=O) groups is 3. The summed E-state index contributed by atoms with van der Waals surface area (Å²) in [6.07, 6.45) is 1.36. The van der Waals surface area contributed by atoms with Crippen LogP contribution in [-0.4, -0.2) is 59.6 Å². The zero-order valence-electron chi connectivity index (χ0n) is 18.2. The van der Waals surface area contributed by atoms with E-state index in [0.717, 1.165) is 18.4 Å². The van der Waals surface area contributed by atoms with Gasteiger partial charge in [-0.05, 0) is 64.3 Å². The minimum absolute atomic E-state index is 0.0650. The van der Waals surface area contributed by atoms with Gasteiger partial charge in [-0.2, -0.15) is 0 Å². The highest BCUT2D eigenvalue weighted by molar-refractivity contribution is 5.92. The zero-order valence-corrected chi connectivity index (χ0v) is 18.2.